The molecule has 0 heterocycles. The highest BCUT2D eigenvalue weighted by molar-refractivity contribution is 8.36. The summed E-state index contributed by atoms with van der Waals surface area (Å²) in [5, 5.41) is 0. The van der Waals surface area contributed by atoms with Crippen LogP contribution in [0.2, 0.25) is 0 Å². The van der Waals surface area contributed by atoms with Crippen LogP contribution >= 0.6 is 23.8 Å². The first-order valence-corrected chi connectivity index (χ1v) is 12.0. The van der Waals surface area contributed by atoms with Crippen molar-refractivity contribution in [1.29, 1.82) is 0 Å². The van der Waals surface area contributed by atoms with Gasteiger partial charge in [-0.25, -0.2) is 0 Å². The molecule has 0 aromatic rings. The van der Waals surface area contributed by atoms with Crippen LogP contribution in [0.1, 0.15) is 78.6 Å². The molecule has 0 bridgehead atoms. The van der Waals surface area contributed by atoms with Crippen LogP contribution in [0.3, 0.4) is 0 Å². The third-order valence-corrected chi connectivity index (χ3v) is 6.93. The molecule has 0 aliphatic heterocycles. The standard InChI is InChI=1S/C20H36O4S2/c1-4-7-8-9-10-11-12-16-13-17(19(21)23-5-2)14-18(16)15-25-20(22)26-24-6-3/h16-18H,4-15H2,1-3H3. The molecule has 1 fully saturated rings. The molecule has 1 saturated carbocycles. The second-order valence-electron chi connectivity index (χ2n) is 7.05. The molecule has 1 aliphatic carbocycles. The van der Waals surface area contributed by atoms with E-state index >= 15 is 0 Å². The first-order chi connectivity index (χ1) is 12.6. The third-order valence-electron chi connectivity index (χ3n) is 5.05. The van der Waals surface area contributed by atoms with E-state index in [9.17, 15) is 9.59 Å². The van der Waals surface area contributed by atoms with E-state index in [1.807, 2.05) is 13.8 Å². The van der Waals surface area contributed by atoms with Crippen LogP contribution in [-0.2, 0) is 13.7 Å². The summed E-state index contributed by atoms with van der Waals surface area (Å²) >= 11 is 2.28. The molecular formula is C20H36O4S2. The first kappa shape index (κ1) is 23.8. The summed E-state index contributed by atoms with van der Waals surface area (Å²) in [6.07, 6.45) is 10.7. The summed E-state index contributed by atoms with van der Waals surface area (Å²) in [6, 6.07) is 0. The van der Waals surface area contributed by atoms with Crippen molar-refractivity contribution in [3.05, 3.63) is 0 Å². The largest absolute Gasteiger partial charge is 0.466 e. The second-order valence-corrected chi connectivity index (χ2v) is 9.07. The molecule has 0 radical (unpaired) electrons. The summed E-state index contributed by atoms with van der Waals surface area (Å²) in [7, 11) is 0. The fraction of sp³-hybridized carbons (Fsp3) is 0.900. The number of ether oxygens (including phenoxy) is 1. The quantitative estimate of drug-likeness (QED) is 0.199. The van der Waals surface area contributed by atoms with Gasteiger partial charge in [-0.15, -0.1) is 0 Å². The molecule has 3 unspecified atom stereocenters. The van der Waals surface area contributed by atoms with Crippen LogP contribution < -0.4 is 0 Å². The molecule has 1 aliphatic rings. The minimum Gasteiger partial charge on any atom is -0.466 e. The fourth-order valence-corrected chi connectivity index (χ4v) is 5.23. The van der Waals surface area contributed by atoms with Gasteiger partial charge in [-0.1, -0.05) is 63.6 Å². The number of hydrogen-bond acceptors (Lipinski definition) is 6. The van der Waals surface area contributed by atoms with E-state index in [-0.39, 0.29) is 16.3 Å². The van der Waals surface area contributed by atoms with Gasteiger partial charge in [0.2, 0.25) is 0 Å². The maximum absolute atomic E-state index is 12.1. The van der Waals surface area contributed by atoms with Crippen molar-refractivity contribution < 1.29 is 18.5 Å². The Balaban J connectivity index is 2.43. The predicted molar refractivity (Wildman–Crippen MR) is 111 cm³/mol. The molecule has 6 heteroatoms. The molecule has 0 amide bonds. The zero-order valence-corrected chi connectivity index (χ0v) is 18.3. The maximum Gasteiger partial charge on any atom is 0.308 e. The highest BCUT2D eigenvalue weighted by Crippen LogP contribution is 2.42. The number of esters is 1. The Morgan fingerprint density at radius 3 is 2.31 bits per heavy atom. The summed E-state index contributed by atoms with van der Waals surface area (Å²) in [6.45, 7) is 6.95. The Hall–Kier alpha value is -0.200. The highest BCUT2D eigenvalue weighted by Gasteiger charge is 2.38. The van der Waals surface area contributed by atoms with Crippen molar-refractivity contribution in [2.45, 2.75) is 78.6 Å². The lowest BCUT2D eigenvalue weighted by atomic mass is 9.91. The minimum absolute atomic E-state index is 0.0142. The Labute approximate surface area is 168 Å². The maximum atomic E-state index is 12.1. The summed E-state index contributed by atoms with van der Waals surface area (Å²) < 4.78 is 10.4. The molecule has 0 N–H and O–H groups in total. The Morgan fingerprint density at radius 1 is 0.923 bits per heavy atom. The van der Waals surface area contributed by atoms with Gasteiger partial charge in [0.25, 0.3) is 4.45 Å². The molecule has 0 aromatic heterocycles. The van der Waals surface area contributed by atoms with Gasteiger partial charge in [0.1, 0.15) is 0 Å². The zero-order valence-electron chi connectivity index (χ0n) is 16.7. The minimum atomic E-state index is -0.0528. The number of hydrogen-bond donors (Lipinski definition) is 0. The van der Waals surface area contributed by atoms with Crippen LogP contribution in [0.25, 0.3) is 0 Å². The van der Waals surface area contributed by atoms with Crippen LogP contribution in [-0.4, -0.2) is 29.4 Å². The van der Waals surface area contributed by atoms with E-state index in [1.165, 1.54) is 56.7 Å². The molecule has 0 saturated heterocycles. The van der Waals surface area contributed by atoms with Crippen molar-refractivity contribution in [1.82, 2.24) is 0 Å². The van der Waals surface area contributed by atoms with Crippen LogP contribution in [0, 0.1) is 17.8 Å². The lowest BCUT2D eigenvalue weighted by Gasteiger charge is -2.18. The second kappa shape index (κ2) is 14.8. The number of carbonyl (C=O) groups is 2. The fourth-order valence-electron chi connectivity index (χ4n) is 3.72. The van der Waals surface area contributed by atoms with E-state index in [0.717, 1.165) is 30.6 Å². The number of unbranched alkanes of at least 4 members (excludes halogenated alkanes) is 5. The Morgan fingerprint density at radius 2 is 1.62 bits per heavy atom. The van der Waals surface area contributed by atoms with Crippen molar-refractivity contribution in [2.75, 3.05) is 19.0 Å². The average molecular weight is 405 g/mol. The number of rotatable bonds is 13. The zero-order chi connectivity index (χ0) is 19.2. The van der Waals surface area contributed by atoms with Gasteiger partial charge < -0.3 is 8.92 Å². The smallest absolute Gasteiger partial charge is 0.308 e. The van der Waals surface area contributed by atoms with E-state index < -0.39 is 0 Å². The van der Waals surface area contributed by atoms with Crippen LogP contribution in [0.5, 0.6) is 0 Å². The number of carbonyl (C=O) groups excluding carboxylic acids is 2. The molecule has 0 spiro atoms. The topological polar surface area (TPSA) is 52.6 Å². The van der Waals surface area contributed by atoms with Crippen molar-refractivity contribution in [3.63, 3.8) is 0 Å². The average Bonchev–Trinajstić information content (AvgIpc) is 3.04. The predicted octanol–water partition coefficient (Wildman–Crippen LogP) is 6.48. The van der Waals surface area contributed by atoms with Gasteiger partial charge in [0.05, 0.1) is 31.2 Å². The van der Waals surface area contributed by atoms with Gasteiger partial charge in [-0.3, -0.25) is 9.59 Å². The van der Waals surface area contributed by atoms with Gasteiger partial charge in [0, 0.05) is 5.75 Å². The first-order valence-electron chi connectivity index (χ1n) is 10.2. The lowest BCUT2D eigenvalue weighted by molar-refractivity contribution is -0.147. The highest BCUT2D eigenvalue weighted by atomic mass is 32.2. The van der Waals surface area contributed by atoms with Gasteiger partial charge in [0.15, 0.2) is 0 Å². The van der Waals surface area contributed by atoms with E-state index in [4.69, 9.17) is 8.92 Å². The van der Waals surface area contributed by atoms with E-state index in [1.54, 1.807) is 0 Å². The van der Waals surface area contributed by atoms with Crippen LogP contribution in [0.4, 0.5) is 4.79 Å². The molecule has 152 valence electrons. The molecule has 0 aromatic carbocycles. The molecule has 3 atom stereocenters. The van der Waals surface area contributed by atoms with Gasteiger partial charge in [-0.05, 0) is 38.5 Å². The van der Waals surface area contributed by atoms with Gasteiger partial charge in [-0.2, -0.15) is 0 Å². The van der Waals surface area contributed by atoms with Crippen molar-refractivity contribution in [2.24, 2.45) is 17.8 Å². The molecular weight excluding hydrogens is 368 g/mol. The Kier molecular flexibility index (Phi) is 13.6. The summed E-state index contributed by atoms with van der Waals surface area (Å²) in [5.41, 5.74) is 0. The van der Waals surface area contributed by atoms with Crippen molar-refractivity contribution >= 4 is 34.2 Å². The number of thioether (sulfide) groups is 1. The Bertz CT molecular complexity index is 403. The SMILES string of the molecule is CCCCCCCCC1CC(C(=O)OCC)CC1CSC(=O)SOCC. The lowest BCUT2D eigenvalue weighted by Crippen LogP contribution is -2.15. The third kappa shape index (κ3) is 9.65. The summed E-state index contributed by atoms with van der Waals surface area (Å²) in [5.74, 6) is 1.71. The normalized spacial score (nSPS) is 22.5. The molecule has 4 nitrogen and oxygen atoms in total. The molecule has 26 heavy (non-hydrogen) atoms. The summed E-state index contributed by atoms with van der Waals surface area (Å²) in [4.78, 5) is 24.0. The molecule has 1 rings (SSSR count). The van der Waals surface area contributed by atoms with Crippen molar-refractivity contribution in [3.8, 4) is 0 Å². The monoisotopic (exact) mass is 404 g/mol. The van der Waals surface area contributed by atoms with E-state index in [2.05, 4.69) is 6.92 Å². The van der Waals surface area contributed by atoms with E-state index in [0.29, 0.717) is 25.0 Å². The van der Waals surface area contributed by atoms with Gasteiger partial charge >= 0.3 is 5.97 Å². The van der Waals surface area contributed by atoms with Crippen LogP contribution in [0.15, 0.2) is 0 Å².